The third-order valence-electron chi connectivity index (χ3n) is 2.72. The van der Waals surface area contributed by atoms with Crippen molar-refractivity contribution < 1.29 is 14.3 Å². The third-order valence-corrected chi connectivity index (χ3v) is 4.50. The Hall–Kier alpha value is -0.950. The number of amides is 1. The van der Waals surface area contributed by atoms with E-state index >= 15 is 0 Å². The minimum atomic E-state index is -0.410. The van der Waals surface area contributed by atoms with Gasteiger partial charge in [-0.1, -0.05) is 0 Å². The highest BCUT2D eigenvalue weighted by Crippen LogP contribution is 2.28. The summed E-state index contributed by atoms with van der Waals surface area (Å²) in [7, 11) is 1.32. The number of aromatic nitrogens is 1. The van der Waals surface area contributed by atoms with Crippen LogP contribution in [0.4, 0.5) is 5.82 Å². The van der Waals surface area contributed by atoms with Gasteiger partial charge in [-0.2, -0.15) is 0 Å². The molecule has 0 spiro atoms. The summed E-state index contributed by atoms with van der Waals surface area (Å²) in [5.41, 5.74) is 0. The van der Waals surface area contributed by atoms with Gasteiger partial charge in [0.25, 0.3) is 0 Å². The van der Waals surface area contributed by atoms with Gasteiger partial charge in [0, 0.05) is 13.0 Å². The second kappa shape index (κ2) is 5.36. The van der Waals surface area contributed by atoms with Gasteiger partial charge in [-0.3, -0.25) is 14.5 Å². The zero-order valence-electron chi connectivity index (χ0n) is 9.52. The van der Waals surface area contributed by atoms with Crippen LogP contribution in [-0.4, -0.2) is 30.5 Å². The number of ether oxygens (including phenoxy) is 1. The van der Waals surface area contributed by atoms with E-state index in [2.05, 4.69) is 41.6 Å². The summed E-state index contributed by atoms with van der Waals surface area (Å²) < 4.78 is 6.08. The molecule has 0 aliphatic carbocycles. The summed E-state index contributed by atoms with van der Waals surface area (Å²) in [4.78, 5) is 29.0. The van der Waals surface area contributed by atoms with E-state index in [1.807, 2.05) is 0 Å². The molecule has 1 atom stereocenters. The molecule has 0 N–H and O–H groups in total. The summed E-state index contributed by atoms with van der Waals surface area (Å²) in [6.45, 7) is 0.312. The largest absolute Gasteiger partial charge is 0.469 e. The molecule has 1 fully saturated rings. The molecular weight excluding hydrogens is 368 g/mol. The van der Waals surface area contributed by atoms with Gasteiger partial charge in [0.15, 0.2) is 0 Å². The Morgan fingerprint density at radius 1 is 1.50 bits per heavy atom. The van der Waals surface area contributed by atoms with Crippen molar-refractivity contribution in [2.75, 3.05) is 18.6 Å². The summed E-state index contributed by atoms with van der Waals surface area (Å²) >= 11 is 6.60. The van der Waals surface area contributed by atoms with Crippen LogP contribution in [0.15, 0.2) is 21.2 Å². The molecule has 1 unspecified atom stereocenters. The molecule has 0 radical (unpaired) electrons. The first kappa shape index (κ1) is 13.5. The molecule has 0 bridgehead atoms. The Kier molecular flexibility index (Phi) is 4.01. The van der Waals surface area contributed by atoms with Gasteiger partial charge in [0.2, 0.25) is 5.91 Å². The fraction of sp³-hybridized carbons (Fsp3) is 0.364. The van der Waals surface area contributed by atoms with Crippen molar-refractivity contribution in [3.8, 4) is 0 Å². The Morgan fingerprint density at radius 3 is 2.83 bits per heavy atom. The minimum absolute atomic E-state index is 0.118. The van der Waals surface area contributed by atoms with E-state index in [0.29, 0.717) is 17.0 Å². The van der Waals surface area contributed by atoms with Crippen LogP contribution >= 0.6 is 31.9 Å². The highest BCUT2D eigenvalue weighted by Gasteiger charge is 2.36. The van der Waals surface area contributed by atoms with E-state index in [4.69, 9.17) is 0 Å². The first-order valence-electron chi connectivity index (χ1n) is 5.23. The number of pyridine rings is 1. The summed E-state index contributed by atoms with van der Waals surface area (Å²) in [6.07, 6.45) is 0.169. The maximum Gasteiger partial charge on any atom is 0.311 e. The average molecular weight is 378 g/mol. The second-order valence-electron chi connectivity index (χ2n) is 3.87. The van der Waals surface area contributed by atoms with Crippen LogP contribution < -0.4 is 4.90 Å². The minimum Gasteiger partial charge on any atom is -0.469 e. The number of rotatable bonds is 2. The van der Waals surface area contributed by atoms with Gasteiger partial charge in [-0.05, 0) is 44.0 Å². The molecule has 18 heavy (non-hydrogen) atoms. The topological polar surface area (TPSA) is 59.5 Å². The Morgan fingerprint density at radius 2 is 2.22 bits per heavy atom. The monoisotopic (exact) mass is 376 g/mol. The zero-order chi connectivity index (χ0) is 13.3. The van der Waals surface area contributed by atoms with E-state index < -0.39 is 5.92 Å². The Labute approximate surface area is 121 Å². The zero-order valence-corrected chi connectivity index (χ0v) is 12.7. The maximum absolute atomic E-state index is 11.9. The number of hydrogen-bond donors (Lipinski definition) is 0. The quantitative estimate of drug-likeness (QED) is 0.585. The molecule has 1 aliphatic rings. The fourth-order valence-corrected chi connectivity index (χ4v) is 2.35. The summed E-state index contributed by atoms with van der Waals surface area (Å²) in [5, 5.41) is 0. The van der Waals surface area contributed by atoms with Gasteiger partial charge in [-0.15, -0.1) is 0 Å². The van der Waals surface area contributed by atoms with E-state index in [1.165, 1.54) is 12.0 Å². The molecule has 0 saturated carbocycles. The summed E-state index contributed by atoms with van der Waals surface area (Å²) in [5.74, 6) is -0.359. The predicted octanol–water partition coefficient (Wildman–Crippen LogP) is 2.13. The van der Waals surface area contributed by atoms with Crippen LogP contribution in [0.25, 0.3) is 0 Å². The highest BCUT2D eigenvalue weighted by atomic mass is 79.9. The standard InChI is InChI=1S/C11H10Br2N2O3/c1-18-11(17)6-4-9(16)15(5-6)8-3-2-7(12)10(13)14-8/h2-3,6H,4-5H2,1H3. The van der Waals surface area contributed by atoms with Crippen LogP contribution in [0.3, 0.4) is 0 Å². The van der Waals surface area contributed by atoms with Crippen LogP contribution in [0.5, 0.6) is 0 Å². The lowest BCUT2D eigenvalue weighted by atomic mass is 10.1. The van der Waals surface area contributed by atoms with E-state index in [-0.39, 0.29) is 18.3 Å². The lowest BCUT2D eigenvalue weighted by Crippen LogP contribution is -2.27. The molecule has 1 saturated heterocycles. The smallest absolute Gasteiger partial charge is 0.311 e. The molecule has 5 nitrogen and oxygen atoms in total. The number of carbonyl (C=O) groups is 2. The molecule has 1 amide bonds. The number of carbonyl (C=O) groups excluding carboxylic acids is 2. The van der Waals surface area contributed by atoms with Crippen molar-refractivity contribution in [3.63, 3.8) is 0 Å². The van der Waals surface area contributed by atoms with E-state index in [1.54, 1.807) is 12.1 Å². The van der Waals surface area contributed by atoms with Gasteiger partial charge in [0.1, 0.15) is 10.4 Å². The second-order valence-corrected chi connectivity index (χ2v) is 5.48. The van der Waals surface area contributed by atoms with E-state index in [9.17, 15) is 9.59 Å². The lowest BCUT2D eigenvalue weighted by molar-refractivity contribution is -0.145. The van der Waals surface area contributed by atoms with Crippen LogP contribution in [0, 0.1) is 5.92 Å². The highest BCUT2D eigenvalue weighted by molar-refractivity contribution is 9.13. The lowest BCUT2D eigenvalue weighted by Gasteiger charge is -2.15. The third kappa shape index (κ3) is 2.56. The number of esters is 1. The number of methoxy groups -OCH3 is 1. The van der Waals surface area contributed by atoms with Crippen LogP contribution in [0.1, 0.15) is 6.42 Å². The van der Waals surface area contributed by atoms with Crippen LogP contribution in [-0.2, 0) is 14.3 Å². The molecule has 7 heteroatoms. The summed E-state index contributed by atoms with van der Waals surface area (Å²) in [6, 6.07) is 3.53. The number of nitrogens with zero attached hydrogens (tertiary/aromatic N) is 2. The number of hydrogen-bond acceptors (Lipinski definition) is 4. The molecule has 96 valence electrons. The van der Waals surface area contributed by atoms with Crippen molar-refractivity contribution in [1.29, 1.82) is 0 Å². The first-order valence-corrected chi connectivity index (χ1v) is 6.81. The first-order chi connectivity index (χ1) is 8.52. The van der Waals surface area contributed by atoms with Crippen molar-refractivity contribution in [2.24, 2.45) is 5.92 Å². The Bertz CT molecular complexity index is 507. The van der Waals surface area contributed by atoms with Crippen molar-refractivity contribution >= 4 is 49.6 Å². The molecule has 0 aromatic carbocycles. The van der Waals surface area contributed by atoms with Gasteiger partial charge in [0.05, 0.1) is 17.5 Å². The maximum atomic E-state index is 11.9. The van der Waals surface area contributed by atoms with Gasteiger partial charge < -0.3 is 4.74 Å². The average Bonchev–Trinajstić information content (AvgIpc) is 2.74. The molecule has 2 heterocycles. The van der Waals surface area contributed by atoms with Gasteiger partial charge in [-0.25, -0.2) is 4.98 Å². The molecule has 2 rings (SSSR count). The molecule has 1 aromatic rings. The number of halogens is 2. The fourth-order valence-electron chi connectivity index (χ4n) is 1.81. The molecule has 1 aliphatic heterocycles. The molecular formula is C11H10Br2N2O3. The number of anilines is 1. The SMILES string of the molecule is COC(=O)C1CC(=O)N(c2ccc(Br)c(Br)n2)C1. The van der Waals surface area contributed by atoms with Crippen molar-refractivity contribution in [1.82, 2.24) is 4.98 Å². The van der Waals surface area contributed by atoms with E-state index in [0.717, 1.165) is 4.47 Å². The van der Waals surface area contributed by atoms with Crippen molar-refractivity contribution in [2.45, 2.75) is 6.42 Å². The van der Waals surface area contributed by atoms with Crippen LogP contribution in [0.2, 0.25) is 0 Å². The normalized spacial score (nSPS) is 19.2. The predicted molar refractivity (Wildman–Crippen MR) is 72.1 cm³/mol. The van der Waals surface area contributed by atoms with Crippen molar-refractivity contribution in [3.05, 3.63) is 21.2 Å². The van der Waals surface area contributed by atoms with Gasteiger partial charge >= 0.3 is 5.97 Å². The molecule has 1 aromatic heterocycles. The Balaban J connectivity index is 2.21.